The average molecular weight is 226 g/mol. The Hall–Kier alpha value is -2.05. The van der Waals surface area contributed by atoms with Gasteiger partial charge in [-0.15, -0.1) is 0 Å². The van der Waals surface area contributed by atoms with E-state index in [0.717, 1.165) is 9.13 Å². The normalized spacial score (nSPS) is 10.2. The van der Waals surface area contributed by atoms with Crippen LogP contribution in [0.2, 0.25) is 0 Å². The van der Waals surface area contributed by atoms with Crippen LogP contribution in [-0.2, 0) is 14.1 Å². The fraction of sp³-hybridized carbons (Fsp3) is 0.444. The third kappa shape index (κ3) is 1.60. The van der Waals surface area contributed by atoms with E-state index in [2.05, 4.69) is 0 Å². The molecule has 1 aromatic heterocycles. The van der Waals surface area contributed by atoms with Crippen molar-refractivity contribution in [3.8, 4) is 0 Å². The molecule has 1 heterocycles. The van der Waals surface area contributed by atoms with E-state index in [9.17, 15) is 14.4 Å². The first-order chi connectivity index (χ1) is 7.29. The summed E-state index contributed by atoms with van der Waals surface area (Å²) >= 11 is 0. The lowest BCUT2D eigenvalue weighted by Crippen LogP contribution is -2.43. The molecule has 0 spiro atoms. The minimum atomic E-state index is -0.681. The molecule has 1 aromatic rings. The molecule has 7 heteroatoms. The van der Waals surface area contributed by atoms with Gasteiger partial charge in [0.1, 0.15) is 11.4 Å². The number of nitrogens with zero attached hydrogens (tertiary/aromatic N) is 3. The Morgan fingerprint density at radius 2 is 1.69 bits per heavy atom. The molecule has 0 saturated heterocycles. The van der Waals surface area contributed by atoms with E-state index in [1.54, 1.807) is 0 Å². The number of anilines is 1. The summed E-state index contributed by atoms with van der Waals surface area (Å²) in [4.78, 5) is 36.2. The zero-order valence-electron chi connectivity index (χ0n) is 9.64. The van der Waals surface area contributed by atoms with Gasteiger partial charge in [0, 0.05) is 28.2 Å². The zero-order valence-corrected chi connectivity index (χ0v) is 9.64. The largest absolute Gasteiger partial charge is 0.384 e. The van der Waals surface area contributed by atoms with Gasteiger partial charge in [-0.3, -0.25) is 18.7 Å². The molecular weight excluding hydrogens is 212 g/mol. The van der Waals surface area contributed by atoms with Gasteiger partial charge in [-0.05, 0) is 0 Å². The molecule has 0 aromatic carbocycles. The van der Waals surface area contributed by atoms with E-state index in [4.69, 9.17) is 5.73 Å². The number of rotatable bonds is 1. The summed E-state index contributed by atoms with van der Waals surface area (Å²) in [6.07, 6.45) is 0. The van der Waals surface area contributed by atoms with E-state index in [-0.39, 0.29) is 11.4 Å². The Morgan fingerprint density at radius 1 is 1.19 bits per heavy atom. The van der Waals surface area contributed by atoms with Gasteiger partial charge in [0.25, 0.3) is 11.5 Å². The van der Waals surface area contributed by atoms with Gasteiger partial charge >= 0.3 is 5.69 Å². The van der Waals surface area contributed by atoms with Gasteiger partial charge in [-0.25, -0.2) is 4.79 Å². The van der Waals surface area contributed by atoms with Crippen molar-refractivity contribution in [1.29, 1.82) is 0 Å². The highest BCUT2D eigenvalue weighted by Crippen LogP contribution is 2.04. The first kappa shape index (κ1) is 12.0. The van der Waals surface area contributed by atoms with Crippen LogP contribution in [0.25, 0.3) is 0 Å². The fourth-order valence-corrected chi connectivity index (χ4v) is 1.28. The van der Waals surface area contributed by atoms with Crippen LogP contribution >= 0.6 is 0 Å². The molecule has 0 unspecified atom stereocenters. The van der Waals surface area contributed by atoms with E-state index >= 15 is 0 Å². The molecule has 0 bridgehead atoms. The number of amides is 1. The topological polar surface area (TPSA) is 90.3 Å². The van der Waals surface area contributed by atoms with Crippen LogP contribution in [0.1, 0.15) is 10.4 Å². The van der Waals surface area contributed by atoms with Crippen LogP contribution in [0.4, 0.5) is 5.82 Å². The van der Waals surface area contributed by atoms with Gasteiger partial charge in [0.05, 0.1) is 0 Å². The van der Waals surface area contributed by atoms with Crippen molar-refractivity contribution in [2.24, 2.45) is 14.1 Å². The number of carbonyl (C=O) groups excluding carboxylic acids is 1. The summed E-state index contributed by atoms with van der Waals surface area (Å²) in [5.74, 6) is -0.638. The third-order valence-electron chi connectivity index (χ3n) is 2.33. The second-order valence-electron chi connectivity index (χ2n) is 3.67. The molecule has 7 nitrogen and oxygen atoms in total. The lowest BCUT2D eigenvalue weighted by Gasteiger charge is -2.14. The van der Waals surface area contributed by atoms with Crippen LogP contribution in [0.5, 0.6) is 0 Å². The lowest BCUT2D eigenvalue weighted by molar-refractivity contribution is 0.0825. The van der Waals surface area contributed by atoms with Crippen molar-refractivity contribution < 1.29 is 4.79 Å². The smallest absolute Gasteiger partial charge is 0.332 e. The van der Waals surface area contributed by atoms with E-state index in [0.29, 0.717) is 0 Å². The minimum absolute atomic E-state index is 0.119. The zero-order chi connectivity index (χ0) is 12.6. The number of nitrogens with two attached hydrogens (primary N) is 1. The second-order valence-corrected chi connectivity index (χ2v) is 3.67. The summed E-state index contributed by atoms with van der Waals surface area (Å²) in [6.45, 7) is 0. The van der Waals surface area contributed by atoms with E-state index in [1.807, 2.05) is 0 Å². The molecule has 2 N–H and O–H groups in total. The van der Waals surface area contributed by atoms with Gasteiger partial charge in [0.15, 0.2) is 0 Å². The molecule has 0 saturated carbocycles. The van der Waals surface area contributed by atoms with Crippen LogP contribution in [0.3, 0.4) is 0 Å². The summed E-state index contributed by atoms with van der Waals surface area (Å²) < 4.78 is 1.92. The van der Waals surface area contributed by atoms with Crippen LogP contribution in [0, 0.1) is 0 Å². The molecule has 0 atom stereocenters. The fourth-order valence-electron chi connectivity index (χ4n) is 1.28. The summed E-state index contributed by atoms with van der Waals surface area (Å²) in [5, 5.41) is 0. The minimum Gasteiger partial charge on any atom is -0.384 e. The predicted molar refractivity (Wildman–Crippen MR) is 59.4 cm³/mol. The quantitative estimate of drug-likeness (QED) is 0.622. The number of hydrogen-bond donors (Lipinski definition) is 1. The predicted octanol–water partition coefficient (Wildman–Crippen LogP) is -1.63. The van der Waals surface area contributed by atoms with Crippen molar-refractivity contribution in [2.75, 3.05) is 19.8 Å². The van der Waals surface area contributed by atoms with Crippen molar-refractivity contribution in [3.05, 3.63) is 26.4 Å². The standard InChI is InChI=1S/C9H14N4O3/c1-11(2)7(14)5-6(10)12(3)9(16)13(4)8(5)15/h10H2,1-4H3. The Morgan fingerprint density at radius 3 is 2.12 bits per heavy atom. The lowest BCUT2D eigenvalue weighted by atomic mass is 10.2. The van der Waals surface area contributed by atoms with Gasteiger partial charge in [0.2, 0.25) is 0 Å². The molecule has 0 radical (unpaired) electrons. The molecule has 0 fully saturated rings. The SMILES string of the molecule is CN(C)C(=O)c1c(N)n(C)c(=O)n(C)c1=O. The van der Waals surface area contributed by atoms with Crippen molar-refractivity contribution >= 4 is 11.7 Å². The third-order valence-corrected chi connectivity index (χ3v) is 2.33. The molecule has 0 aliphatic carbocycles. The number of nitrogen functional groups attached to an aromatic ring is 1. The Bertz CT molecular complexity index is 553. The number of hydrogen-bond acceptors (Lipinski definition) is 4. The first-order valence-electron chi connectivity index (χ1n) is 4.56. The van der Waals surface area contributed by atoms with Gasteiger partial charge in [-0.1, -0.05) is 0 Å². The average Bonchev–Trinajstić information content (AvgIpc) is 2.23. The van der Waals surface area contributed by atoms with Crippen LogP contribution in [0.15, 0.2) is 9.59 Å². The van der Waals surface area contributed by atoms with Crippen molar-refractivity contribution in [3.63, 3.8) is 0 Å². The number of aromatic nitrogens is 2. The van der Waals surface area contributed by atoms with E-state index in [1.165, 1.54) is 33.1 Å². The van der Waals surface area contributed by atoms with E-state index < -0.39 is 17.2 Å². The second kappa shape index (κ2) is 3.84. The number of carbonyl (C=O) groups is 1. The molecule has 88 valence electrons. The maximum absolute atomic E-state index is 11.7. The van der Waals surface area contributed by atoms with Crippen molar-refractivity contribution in [1.82, 2.24) is 14.0 Å². The highest BCUT2D eigenvalue weighted by Gasteiger charge is 2.21. The van der Waals surface area contributed by atoms with Crippen molar-refractivity contribution in [2.45, 2.75) is 0 Å². The summed E-state index contributed by atoms with van der Waals surface area (Å²) in [6, 6.07) is 0. The monoisotopic (exact) mass is 226 g/mol. The highest BCUT2D eigenvalue weighted by molar-refractivity contribution is 5.97. The summed E-state index contributed by atoms with van der Waals surface area (Å²) in [5.41, 5.74) is 4.17. The Balaban J connectivity index is 3.72. The molecule has 1 amide bonds. The Labute approximate surface area is 91.7 Å². The summed E-state index contributed by atoms with van der Waals surface area (Å²) in [7, 11) is 5.72. The van der Waals surface area contributed by atoms with Gasteiger partial charge < -0.3 is 10.6 Å². The molecule has 0 aliphatic rings. The first-order valence-corrected chi connectivity index (χ1v) is 4.56. The van der Waals surface area contributed by atoms with Crippen LogP contribution < -0.4 is 17.0 Å². The maximum atomic E-state index is 11.7. The molecule has 1 rings (SSSR count). The highest BCUT2D eigenvalue weighted by atomic mass is 16.2. The maximum Gasteiger partial charge on any atom is 0.332 e. The van der Waals surface area contributed by atoms with Crippen LogP contribution in [-0.4, -0.2) is 34.0 Å². The molecule has 0 aliphatic heterocycles. The molecular formula is C9H14N4O3. The Kier molecular flexibility index (Phi) is 2.88. The molecule has 16 heavy (non-hydrogen) atoms. The van der Waals surface area contributed by atoms with Gasteiger partial charge in [-0.2, -0.15) is 0 Å².